The first-order chi connectivity index (χ1) is 12.5. The first-order valence-electron chi connectivity index (χ1n) is 8.35. The van der Waals surface area contributed by atoms with Crippen LogP contribution in [0.4, 0.5) is 13.2 Å². The third kappa shape index (κ3) is 4.66. The number of alkyl halides is 3. The van der Waals surface area contributed by atoms with E-state index >= 15 is 0 Å². The van der Waals surface area contributed by atoms with Gasteiger partial charge in [-0.05, 0) is 31.9 Å². The van der Waals surface area contributed by atoms with Gasteiger partial charge in [0.2, 0.25) is 0 Å². The van der Waals surface area contributed by atoms with E-state index in [1.807, 2.05) is 0 Å². The SMILES string of the molecule is CCON=C(Cn1ccnc1)c1ccc(C#CC2CC2)cc1C(F)(F)F. The Morgan fingerprint density at radius 1 is 1.38 bits per heavy atom. The van der Waals surface area contributed by atoms with Crippen molar-refractivity contribution in [1.29, 1.82) is 0 Å². The van der Waals surface area contributed by atoms with Crippen LogP contribution in [0.1, 0.15) is 36.5 Å². The molecule has 0 aliphatic heterocycles. The third-order valence-electron chi connectivity index (χ3n) is 3.83. The Morgan fingerprint density at radius 2 is 2.19 bits per heavy atom. The van der Waals surface area contributed by atoms with Crippen molar-refractivity contribution in [1.82, 2.24) is 9.55 Å². The molecule has 0 spiro atoms. The van der Waals surface area contributed by atoms with Crippen molar-refractivity contribution in [3.8, 4) is 11.8 Å². The van der Waals surface area contributed by atoms with Crippen LogP contribution in [0, 0.1) is 17.8 Å². The summed E-state index contributed by atoms with van der Waals surface area (Å²) in [6.45, 7) is 2.11. The Morgan fingerprint density at radius 3 is 2.81 bits per heavy atom. The smallest absolute Gasteiger partial charge is 0.396 e. The normalized spacial score (nSPS) is 14.7. The second-order valence-electron chi connectivity index (χ2n) is 5.99. The zero-order valence-corrected chi connectivity index (χ0v) is 14.3. The molecule has 136 valence electrons. The fraction of sp³-hybridized carbons (Fsp3) is 0.368. The van der Waals surface area contributed by atoms with Crippen molar-refractivity contribution < 1.29 is 18.0 Å². The molecule has 1 aliphatic rings. The van der Waals surface area contributed by atoms with Crippen LogP contribution in [0.15, 0.2) is 42.1 Å². The van der Waals surface area contributed by atoms with Crippen LogP contribution < -0.4 is 0 Å². The molecule has 1 fully saturated rings. The van der Waals surface area contributed by atoms with Gasteiger partial charge in [0.25, 0.3) is 0 Å². The Hall–Kier alpha value is -2.75. The molecule has 1 aromatic heterocycles. The summed E-state index contributed by atoms with van der Waals surface area (Å²) in [5.41, 5.74) is -0.250. The van der Waals surface area contributed by atoms with Gasteiger partial charge in [-0.3, -0.25) is 0 Å². The van der Waals surface area contributed by atoms with Crippen LogP contribution in [0.25, 0.3) is 0 Å². The number of benzene rings is 1. The summed E-state index contributed by atoms with van der Waals surface area (Å²) >= 11 is 0. The van der Waals surface area contributed by atoms with Gasteiger partial charge in [-0.2, -0.15) is 13.2 Å². The summed E-state index contributed by atoms with van der Waals surface area (Å²) in [5.74, 6) is 6.14. The molecule has 0 atom stereocenters. The van der Waals surface area contributed by atoms with Gasteiger partial charge in [0.1, 0.15) is 12.3 Å². The van der Waals surface area contributed by atoms with E-state index in [1.165, 1.54) is 12.4 Å². The first-order valence-corrected chi connectivity index (χ1v) is 8.35. The third-order valence-corrected chi connectivity index (χ3v) is 3.83. The van der Waals surface area contributed by atoms with E-state index in [2.05, 4.69) is 22.0 Å². The Bertz CT molecular complexity index is 841. The molecule has 0 unspecified atom stereocenters. The van der Waals surface area contributed by atoms with Crippen LogP contribution >= 0.6 is 0 Å². The molecule has 0 amide bonds. The molecule has 26 heavy (non-hydrogen) atoms. The van der Waals surface area contributed by atoms with E-state index in [1.54, 1.807) is 30.0 Å². The molecule has 1 heterocycles. The van der Waals surface area contributed by atoms with Crippen molar-refractivity contribution in [3.05, 3.63) is 53.6 Å². The number of nitrogens with zero attached hydrogens (tertiary/aromatic N) is 3. The predicted molar refractivity (Wildman–Crippen MR) is 91.4 cm³/mol. The molecule has 7 heteroatoms. The molecule has 2 aromatic rings. The van der Waals surface area contributed by atoms with E-state index in [9.17, 15) is 13.2 Å². The fourth-order valence-electron chi connectivity index (χ4n) is 2.38. The first kappa shape index (κ1) is 18.1. The van der Waals surface area contributed by atoms with Crippen molar-refractivity contribution in [3.63, 3.8) is 0 Å². The molecular formula is C19H18F3N3O. The Kier molecular flexibility index (Phi) is 5.31. The second kappa shape index (κ2) is 7.65. The zero-order valence-electron chi connectivity index (χ0n) is 14.3. The van der Waals surface area contributed by atoms with Gasteiger partial charge in [-0.1, -0.05) is 23.1 Å². The lowest BCUT2D eigenvalue weighted by Crippen LogP contribution is -2.18. The highest BCUT2D eigenvalue weighted by Crippen LogP contribution is 2.33. The highest BCUT2D eigenvalue weighted by molar-refractivity contribution is 6.01. The van der Waals surface area contributed by atoms with Crippen LogP contribution in [-0.4, -0.2) is 21.9 Å². The minimum absolute atomic E-state index is 0.0170. The molecule has 1 saturated carbocycles. The number of aromatic nitrogens is 2. The molecule has 0 saturated heterocycles. The maximum Gasteiger partial charge on any atom is 0.417 e. The Labute approximate surface area is 149 Å². The largest absolute Gasteiger partial charge is 0.417 e. The molecule has 0 bridgehead atoms. The summed E-state index contributed by atoms with van der Waals surface area (Å²) in [6.07, 6.45) is 2.25. The summed E-state index contributed by atoms with van der Waals surface area (Å²) in [7, 11) is 0. The van der Waals surface area contributed by atoms with E-state index in [4.69, 9.17) is 4.84 Å². The van der Waals surface area contributed by atoms with E-state index in [-0.39, 0.29) is 24.4 Å². The highest BCUT2D eigenvalue weighted by Gasteiger charge is 2.35. The lowest BCUT2D eigenvalue weighted by molar-refractivity contribution is -0.137. The van der Waals surface area contributed by atoms with Crippen LogP contribution in [-0.2, 0) is 17.6 Å². The minimum atomic E-state index is -4.52. The molecule has 1 aromatic carbocycles. The molecule has 1 aliphatic carbocycles. The zero-order chi connectivity index (χ0) is 18.6. The van der Waals surface area contributed by atoms with E-state index in [0.29, 0.717) is 11.5 Å². The standard InChI is InChI=1S/C19H18F3N3O/c1-2-26-24-18(12-25-10-9-23-13-25)16-8-7-15(6-5-14-3-4-14)11-17(16)19(20,21)22/h7-11,13-14H,2-4,12H2,1H3. The average molecular weight is 361 g/mol. The second-order valence-corrected chi connectivity index (χ2v) is 5.99. The number of rotatable bonds is 5. The summed E-state index contributed by atoms with van der Waals surface area (Å²) in [6, 6.07) is 4.09. The average Bonchev–Trinajstić information content (AvgIpc) is 3.30. The van der Waals surface area contributed by atoms with Gasteiger partial charge < -0.3 is 9.40 Å². The van der Waals surface area contributed by atoms with Crippen LogP contribution in [0.2, 0.25) is 0 Å². The van der Waals surface area contributed by atoms with Crippen molar-refractivity contribution in [2.75, 3.05) is 6.61 Å². The Balaban J connectivity index is 2.00. The molecule has 0 radical (unpaired) electrons. The minimum Gasteiger partial charge on any atom is -0.396 e. The van der Waals surface area contributed by atoms with Gasteiger partial charge in [0, 0.05) is 29.4 Å². The fourth-order valence-corrected chi connectivity index (χ4v) is 2.38. The molecule has 0 N–H and O–H groups in total. The lowest BCUT2D eigenvalue weighted by Gasteiger charge is -2.15. The summed E-state index contributed by atoms with van der Waals surface area (Å²) in [4.78, 5) is 8.95. The van der Waals surface area contributed by atoms with E-state index < -0.39 is 11.7 Å². The van der Waals surface area contributed by atoms with Crippen molar-refractivity contribution in [2.24, 2.45) is 11.1 Å². The lowest BCUT2D eigenvalue weighted by atomic mass is 9.99. The van der Waals surface area contributed by atoms with E-state index in [0.717, 1.165) is 18.9 Å². The number of oxime groups is 1. The molecular weight excluding hydrogens is 343 g/mol. The van der Waals surface area contributed by atoms with Gasteiger partial charge in [-0.25, -0.2) is 4.98 Å². The topological polar surface area (TPSA) is 39.4 Å². The number of hydrogen-bond acceptors (Lipinski definition) is 3. The predicted octanol–water partition coefficient (Wildman–Crippen LogP) is 4.10. The molecule has 3 rings (SSSR count). The highest BCUT2D eigenvalue weighted by atomic mass is 19.4. The molecule has 4 nitrogen and oxygen atoms in total. The van der Waals surface area contributed by atoms with Crippen molar-refractivity contribution in [2.45, 2.75) is 32.5 Å². The summed E-state index contributed by atoms with van der Waals surface area (Å²) in [5, 5.41) is 3.91. The number of halogens is 3. The van der Waals surface area contributed by atoms with Crippen LogP contribution in [0.5, 0.6) is 0 Å². The van der Waals surface area contributed by atoms with Crippen molar-refractivity contribution >= 4 is 5.71 Å². The quantitative estimate of drug-likeness (QED) is 0.457. The summed E-state index contributed by atoms with van der Waals surface area (Å²) < 4.78 is 42.6. The van der Waals surface area contributed by atoms with Gasteiger partial charge in [0.15, 0.2) is 0 Å². The maximum atomic E-state index is 13.6. The van der Waals surface area contributed by atoms with Gasteiger partial charge in [-0.15, -0.1) is 0 Å². The van der Waals surface area contributed by atoms with Crippen LogP contribution in [0.3, 0.4) is 0 Å². The van der Waals surface area contributed by atoms with Gasteiger partial charge in [0.05, 0.1) is 18.4 Å². The monoisotopic (exact) mass is 361 g/mol. The number of imidazole rings is 1. The van der Waals surface area contributed by atoms with Gasteiger partial charge >= 0.3 is 6.18 Å². The maximum absolute atomic E-state index is 13.6. The number of hydrogen-bond donors (Lipinski definition) is 0.